The predicted molar refractivity (Wildman–Crippen MR) is 154 cm³/mol. The van der Waals surface area contributed by atoms with Crippen LogP contribution in [0.1, 0.15) is 97.8 Å². The van der Waals surface area contributed by atoms with Crippen LogP contribution in [0.2, 0.25) is 0 Å². The summed E-state index contributed by atoms with van der Waals surface area (Å²) < 4.78 is 0. The Balaban J connectivity index is 2.02. The summed E-state index contributed by atoms with van der Waals surface area (Å²) in [5.41, 5.74) is -6.12. The molecular weight excluding hydrogens is 524 g/mol. The molecule has 4 rings (SSSR count). The first-order valence-corrected chi connectivity index (χ1v) is 14.4. The molecular formula is C33H44O8. The van der Waals surface area contributed by atoms with Crippen LogP contribution in [-0.4, -0.2) is 54.6 Å². The van der Waals surface area contributed by atoms with E-state index in [4.69, 9.17) is 0 Å². The van der Waals surface area contributed by atoms with E-state index in [9.17, 15) is 39.9 Å². The molecule has 0 bridgehead atoms. The summed E-state index contributed by atoms with van der Waals surface area (Å²) in [6.07, 6.45) is 0.597. The van der Waals surface area contributed by atoms with Crippen LogP contribution in [0.15, 0.2) is 29.0 Å². The largest absolute Gasteiger partial charge is 0.508 e. The highest BCUT2D eigenvalue weighted by Gasteiger charge is 2.77. The molecule has 1 unspecified atom stereocenters. The second-order valence-corrected chi connectivity index (χ2v) is 14.3. The van der Waals surface area contributed by atoms with Gasteiger partial charge in [-0.15, -0.1) is 0 Å². The lowest BCUT2D eigenvalue weighted by Gasteiger charge is -2.63. The standard InChI is InChI=1S/C33H44O8/c1-15(2)22-25(36)20(17(4)34)27(38)33(41)28(39)23-26(37)21-19(16(3)31(23,8)29(40)32(22,33)9)13-12-18(24(21)35)11-10-14-30(5,6)7/h12-13,15-16,22,29,35,37-38,40-41H,10-11,14H2,1-9H3/t16-,22?,29-,31+,32+,33+/m1/s1. The monoisotopic (exact) mass is 568 g/mol. The number of allylic oxidation sites excluding steroid dienone is 1. The molecule has 1 aromatic rings. The Morgan fingerprint density at radius 1 is 1.07 bits per heavy atom. The zero-order valence-electron chi connectivity index (χ0n) is 25.5. The smallest absolute Gasteiger partial charge is 0.203 e. The van der Waals surface area contributed by atoms with Crippen LogP contribution in [0, 0.1) is 28.1 Å². The van der Waals surface area contributed by atoms with Gasteiger partial charge in [-0.05, 0) is 54.6 Å². The molecule has 0 spiro atoms. The van der Waals surface area contributed by atoms with E-state index in [2.05, 4.69) is 20.8 Å². The lowest BCUT2D eigenvalue weighted by molar-refractivity contribution is -0.215. The molecule has 6 atom stereocenters. The molecule has 224 valence electrons. The average molecular weight is 569 g/mol. The number of Topliss-reactive ketones (excluding diaryl/α,β-unsaturated/α-hetero) is 3. The number of rotatable bonds is 5. The Bertz CT molecular complexity index is 1410. The van der Waals surface area contributed by atoms with Gasteiger partial charge in [0.2, 0.25) is 5.78 Å². The Hall–Kier alpha value is -2.97. The van der Waals surface area contributed by atoms with Crippen molar-refractivity contribution in [2.45, 2.75) is 99.2 Å². The summed E-state index contributed by atoms with van der Waals surface area (Å²) >= 11 is 0. The molecule has 0 saturated heterocycles. The van der Waals surface area contributed by atoms with Gasteiger partial charge in [-0.2, -0.15) is 0 Å². The van der Waals surface area contributed by atoms with Crippen molar-refractivity contribution in [3.05, 3.63) is 45.7 Å². The van der Waals surface area contributed by atoms with E-state index < -0.39 is 74.7 Å². The molecule has 41 heavy (non-hydrogen) atoms. The van der Waals surface area contributed by atoms with Gasteiger partial charge in [0, 0.05) is 16.7 Å². The first kappa shape index (κ1) is 31.0. The van der Waals surface area contributed by atoms with Crippen LogP contribution in [0.4, 0.5) is 0 Å². The molecule has 0 aliphatic heterocycles. The molecule has 5 N–H and O–H groups in total. The van der Waals surface area contributed by atoms with Crippen LogP contribution in [-0.2, 0) is 20.8 Å². The van der Waals surface area contributed by atoms with E-state index in [-0.39, 0.29) is 22.3 Å². The molecule has 1 saturated carbocycles. The number of aryl methyl sites for hydroxylation is 1. The van der Waals surface area contributed by atoms with Gasteiger partial charge in [0.05, 0.1) is 17.2 Å². The topological polar surface area (TPSA) is 152 Å². The maximum Gasteiger partial charge on any atom is 0.203 e. The number of carbonyl (C=O) groups is 3. The van der Waals surface area contributed by atoms with E-state index in [0.29, 0.717) is 17.5 Å². The van der Waals surface area contributed by atoms with Crippen LogP contribution in [0.25, 0.3) is 5.76 Å². The summed E-state index contributed by atoms with van der Waals surface area (Å²) in [5, 5.41) is 58.8. The highest BCUT2D eigenvalue weighted by Crippen LogP contribution is 2.67. The fraction of sp³-hybridized carbons (Fsp3) is 0.606. The summed E-state index contributed by atoms with van der Waals surface area (Å²) in [5.74, 6) is -6.93. The number of hydrogen-bond donors (Lipinski definition) is 5. The molecule has 8 nitrogen and oxygen atoms in total. The maximum absolute atomic E-state index is 14.5. The second-order valence-electron chi connectivity index (χ2n) is 14.3. The molecule has 3 aliphatic rings. The van der Waals surface area contributed by atoms with E-state index in [1.54, 1.807) is 39.8 Å². The molecule has 1 aromatic carbocycles. The number of carbonyl (C=O) groups excluding carboxylic acids is 3. The molecule has 0 aromatic heterocycles. The normalized spacial score (nSPS) is 33.6. The minimum atomic E-state index is -2.88. The minimum absolute atomic E-state index is 0.0496. The van der Waals surface area contributed by atoms with Gasteiger partial charge in [-0.1, -0.05) is 67.5 Å². The van der Waals surface area contributed by atoms with Crippen LogP contribution in [0.3, 0.4) is 0 Å². The molecule has 0 amide bonds. The number of aliphatic hydroxyl groups excluding tert-OH is 3. The van der Waals surface area contributed by atoms with Crippen LogP contribution in [0.5, 0.6) is 5.75 Å². The van der Waals surface area contributed by atoms with Gasteiger partial charge < -0.3 is 25.5 Å². The van der Waals surface area contributed by atoms with Crippen molar-refractivity contribution >= 4 is 23.1 Å². The van der Waals surface area contributed by atoms with Gasteiger partial charge >= 0.3 is 0 Å². The zero-order chi connectivity index (χ0) is 31.2. The van der Waals surface area contributed by atoms with E-state index in [0.717, 1.165) is 19.8 Å². The number of aromatic hydroxyl groups is 1. The summed E-state index contributed by atoms with van der Waals surface area (Å²) in [6.45, 7) is 15.6. The van der Waals surface area contributed by atoms with Gasteiger partial charge in [0.25, 0.3) is 0 Å². The van der Waals surface area contributed by atoms with Gasteiger partial charge in [-0.25, -0.2) is 0 Å². The number of benzene rings is 1. The van der Waals surface area contributed by atoms with Gasteiger partial charge in [0.15, 0.2) is 17.2 Å². The lowest BCUT2D eigenvalue weighted by Crippen LogP contribution is -2.75. The van der Waals surface area contributed by atoms with E-state index in [1.807, 2.05) is 0 Å². The van der Waals surface area contributed by atoms with Crippen molar-refractivity contribution < 1.29 is 39.9 Å². The lowest BCUT2D eigenvalue weighted by atomic mass is 9.40. The third-order valence-electron chi connectivity index (χ3n) is 10.3. The zero-order valence-corrected chi connectivity index (χ0v) is 25.5. The molecule has 1 fully saturated rings. The molecule has 0 radical (unpaired) electrons. The van der Waals surface area contributed by atoms with Crippen molar-refractivity contribution in [2.75, 3.05) is 0 Å². The molecule has 3 aliphatic carbocycles. The Morgan fingerprint density at radius 2 is 1.66 bits per heavy atom. The quantitative estimate of drug-likeness (QED) is 0.308. The number of ketones is 3. The van der Waals surface area contributed by atoms with Crippen molar-refractivity contribution in [3.8, 4) is 5.75 Å². The van der Waals surface area contributed by atoms with Gasteiger partial charge in [0.1, 0.15) is 22.8 Å². The number of phenolic OH excluding ortho intramolecular Hbond substituents is 1. The number of hydrogen-bond acceptors (Lipinski definition) is 8. The number of fused-ring (bicyclic) bond motifs is 3. The summed E-state index contributed by atoms with van der Waals surface area (Å²) in [4.78, 5) is 40.7. The minimum Gasteiger partial charge on any atom is -0.508 e. The molecule has 0 heterocycles. The van der Waals surface area contributed by atoms with E-state index >= 15 is 0 Å². The SMILES string of the molecule is CC(=O)C1=C(O)[C@]2(O)C(=O)C3=C(O)c4c(ccc(CCCC(C)(C)C)c4O)[C@@H](C)[C@]3(C)[C@@H](O)[C@]2(C)C(C(C)C)C1=O. The van der Waals surface area contributed by atoms with Crippen LogP contribution < -0.4 is 0 Å². The Kier molecular flexibility index (Phi) is 7.20. The summed E-state index contributed by atoms with van der Waals surface area (Å²) in [7, 11) is 0. The first-order valence-electron chi connectivity index (χ1n) is 14.4. The fourth-order valence-corrected chi connectivity index (χ4v) is 7.98. The maximum atomic E-state index is 14.5. The fourth-order valence-electron chi connectivity index (χ4n) is 7.98. The third-order valence-corrected chi connectivity index (χ3v) is 10.3. The van der Waals surface area contributed by atoms with E-state index in [1.165, 1.54) is 6.92 Å². The van der Waals surface area contributed by atoms with Crippen LogP contribution >= 0.6 is 0 Å². The summed E-state index contributed by atoms with van der Waals surface area (Å²) in [6, 6.07) is 3.57. The average Bonchev–Trinajstić information content (AvgIpc) is 2.84. The highest BCUT2D eigenvalue weighted by molar-refractivity contribution is 6.24. The Morgan fingerprint density at radius 3 is 2.17 bits per heavy atom. The van der Waals surface area contributed by atoms with Crippen molar-refractivity contribution in [2.24, 2.45) is 28.1 Å². The first-order chi connectivity index (χ1) is 18.7. The highest BCUT2D eigenvalue weighted by atomic mass is 16.4. The predicted octanol–water partition coefficient (Wildman–Crippen LogP) is 5.09. The number of aliphatic hydroxyl groups is 4. The molecule has 8 heteroatoms. The van der Waals surface area contributed by atoms with Gasteiger partial charge in [-0.3, -0.25) is 14.4 Å². The second kappa shape index (κ2) is 9.53. The third kappa shape index (κ3) is 3.89. The number of phenols is 1. The van der Waals surface area contributed by atoms with Crippen molar-refractivity contribution in [1.82, 2.24) is 0 Å². The van der Waals surface area contributed by atoms with Crippen molar-refractivity contribution in [1.29, 1.82) is 0 Å². The van der Waals surface area contributed by atoms with Crippen molar-refractivity contribution in [3.63, 3.8) is 0 Å². The Labute approximate surface area is 241 Å².